The molecule has 0 unspecified atom stereocenters. The van der Waals surface area contributed by atoms with Crippen molar-refractivity contribution in [2.24, 2.45) is 0 Å². The first kappa shape index (κ1) is 10.9. The second-order valence-electron chi connectivity index (χ2n) is 2.96. The van der Waals surface area contributed by atoms with Gasteiger partial charge in [-0.05, 0) is 20.5 Å². The molecule has 0 atom stereocenters. The van der Waals surface area contributed by atoms with Crippen molar-refractivity contribution in [1.29, 1.82) is 0 Å². The van der Waals surface area contributed by atoms with Crippen LogP contribution in [0.5, 0.6) is 0 Å². The van der Waals surface area contributed by atoms with Crippen LogP contribution in [0.2, 0.25) is 0 Å². The van der Waals surface area contributed by atoms with Crippen LogP contribution in [-0.4, -0.2) is 45.5 Å². The quantitative estimate of drug-likeness (QED) is 0.612. The molecule has 0 bridgehead atoms. The fourth-order valence-electron chi connectivity index (χ4n) is 0.735. The lowest BCUT2D eigenvalue weighted by molar-refractivity contribution is 0.432. The molecule has 0 aromatic rings. The topological polar surface area (TPSA) is 37.4 Å². The number of hydrogen-bond acceptors (Lipinski definition) is 3. The molecule has 0 N–H and O–H groups in total. The summed E-state index contributed by atoms with van der Waals surface area (Å²) in [5, 5.41) is 0. The van der Waals surface area contributed by atoms with Crippen molar-refractivity contribution in [3.63, 3.8) is 0 Å². The largest absolute Gasteiger partial charge is 0.308 e. The third-order valence-corrected chi connectivity index (χ3v) is 3.20. The van der Waals surface area contributed by atoms with Crippen molar-refractivity contribution in [3.05, 3.63) is 0 Å². The van der Waals surface area contributed by atoms with Gasteiger partial charge in [-0.2, -0.15) is 0 Å². The zero-order chi connectivity index (χ0) is 8.91. The van der Waals surface area contributed by atoms with Crippen LogP contribution in [0, 0.1) is 0 Å². The molecule has 0 spiro atoms. The molecule has 0 amide bonds. The third-order valence-electron chi connectivity index (χ3n) is 1.36. The SMILES string of the molecule is CCCS(=O)(=O)CCN(C)C. The van der Waals surface area contributed by atoms with Crippen LogP contribution in [-0.2, 0) is 9.84 Å². The molecule has 0 aliphatic carbocycles. The molecular formula is C7H17NO2S. The molecule has 0 aromatic carbocycles. The van der Waals surface area contributed by atoms with E-state index in [0.717, 1.165) is 6.42 Å². The molecule has 0 radical (unpaired) electrons. The van der Waals surface area contributed by atoms with Crippen molar-refractivity contribution in [2.45, 2.75) is 13.3 Å². The van der Waals surface area contributed by atoms with Gasteiger partial charge in [-0.15, -0.1) is 0 Å². The second-order valence-corrected chi connectivity index (χ2v) is 5.26. The van der Waals surface area contributed by atoms with Crippen LogP contribution in [0.15, 0.2) is 0 Å². The van der Waals surface area contributed by atoms with E-state index in [1.807, 2.05) is 25.9 Å². The normalized spacial score (nSPS) is 12.4. The van der Waals surface area contributed by atoms with Crippen molar-refractivity contribution in [3.8, 4) is 0 Å². The van der Waals surface area contributed by atoms with Crippen LogP contribution in [0.4, 0.5) is 0 Å². The van der Waals surface area contributed by atoms with E-state index in [0.29, 0.717) is 12.3 Å². The summed E-state index contributed by atoms with van der Waals surface area (Å²) in [6, 6.07) is 0. The average molecular weight is 179 g/mol. The fourth-order valence-corrected chi connectivity index (χ4v) is 2.20. The number of hydrogen-bond donors (Lipinski definition) is 0. The van der Waals surface area contributed by atoms with Crippen LogP contribution >= 0.6 is 0 Å². The van der Waals surface area contributed by atoms with E-state index in [1.54, 1.807) is 0 Å². The molecule has 4 heteroatoms. The molecule has 0 heterocycles. The second kappa shape index (κ2) is 4.72. The van der Waals surface area contributed by atoms with E-state index < -0.39 is 9.84 Å². The van der Waals surface area contributed by atoms with Gasteiger partial charge in [0.05, 0.1) is 5.75 Å². The minimum Gasteiger partial charge on any atom is -0.308 e. The van der Waals surface area contributed by atoms with Crippen LogP contribution in [0.1, 0.15) is 13.3 Å². The summed E-state index contributed by atoms with van der Waals surface area (Å²) in [4.78, 5) is 1.88. The lowest BCUT2D eigenvalue weighted by atomic mass is 10.6. The first-order chi connectivity index (χ1) is 4.98. The molecule has 0 aromatic heterocycles. The van der Waals surface area contributed by atoms with Crippen molar-refractivity contribution < 1.29 is 8.42 Å². The van der Waals surface area contributed by atoms with Crippen molar-refractivity contribution in [1.82, 2.24) is 4.90 Å². The molecule has 68 valence electrons. The van der Waals surface area contributed by atoms with Gasteiger partial charge in [-0.1, -0.05) is 6.92 Å². The van der Waals surface area contributed by atoms with E-state index in [-0.39, 0.29) is 5.75 Å². The van der Waals surface area contributed by atoms with E-state index in [4.69, 9.17) is 0 Å². The van der Waals surface area contributed by atoms with Crippen LogP contribution in [0.3, 0.4) is 0 Å². The van der Waals surface area contributed by atoms with Gasteiger partial charge in [0.1, 0.15) is 0 Å². The average Bonchev–Trinajstić information content (AvgIpc) is 1.84. The monoisotopic (exact) mass is 179 g/mol. The van der Waals surface area contributed by atoms with Gasteiger partial charge < -0.3 is 4.90 Å². The summed E-state index contributed by atoms with van der Waals surface area (Å²) in [7, 11) is 0.985. The number of nitrogens with zero attached hydrogens (tertiary/aromatic N) is 1. The lowest BCUT2D eigenvalue weighted by Gasteiger charge is -2.08. The number of sulfone groups is 1. The number of rotatable bonds is 5. The zero-order valence-corrected chi connectivity index (χ0v) is 8.32. The molecule has 0 fully saturated rings. The Balaban J connectivity index is 3.74. The minimum absolute atomic E-state index is 0.286. The summed E-state index contributed by atoms with van der Waals surface area (Å²) < 4.78 is 22.2. The van der Waals surface area contributed by atoms with Gasteiger partial charge >= 0.3 is 0 Å². The molecule has 0 saturated carbocycles. The molecule has 0 saturated heterocycles. The highest BCUT2D eigenvalue weighted by molar-refractivity contribution is 7.91. The summed E-state index contributed by atoms with van der Waals surface area (Å²) in [6.45, 7) is 2.51. The standard InChI is InChI=1S/C7H17NO2S/c1-4-6-11(9,10)7-5-8(2)3/h4-7H2,1-3H3. The maximum Gasteiger partial charge on any atom is 0.151 e. The molecule has 11 heavy (non-hydrogen) atoms. The van der Waals surface area contributed by atoms with Gasteiger partial charge in [0.15, 0.2) is 9.84 Å². The minimum atomic E-state index is -2.77. The highest BCUT2D eigenvalue weighted by atomic mass is 32.2. The predicted molar refractivity (Wildman–Crippen MR) is 47.5 cm³/mol. The highest BCUT2D eigenvalue weighted by Crippen LogP contribution is 1.93. The van der Waals surface area contributed by atoms with Gasteiger partial charge in [-0.25, -0.2) is 8.42 Å². The first-order valence-corrected chi connectivity index (χ1v) is 5.65. The third kappa shape index (κ3) is 6.31. The summed E-state index contributed by atoms with van der Waals surface area (Å²) in [5.74, 6) is 0.606. The van der Waals surface area contributed by atoms with Crippen LogP contribution in [0.25, 0.3) is 0 Å². The Morgan fingerprint density at radius 1 is 1.18 bits per heavy atom. The van der Waals surface area contributed by atoms with E-state index in [2.05, 4.69) is 0 Å². The summed E-state index contributed by atoms with van der Waals surface area (Å²) in [6.07, 6.45) is 0.718. The van der Waals surface area contributed by atoms with E-state index >= 15 is 0 Å². The van der Waals surface area contributed by atoms with Crippen molar-refractivity contribution in [2.75, 3.05) is 32.1 Å². The highest BCUT2D eigenvalue weighted by Gasteiger charge is 2.08. The van der Waals surface area contributed by atoms with Crippen molar-refractivity contribution >= 4 is 9.84 Å². The van der Waals surface area contributed by atoms with E-state index in [1.165, 1.54) is 0 Å². The molecule has 3 nitrogen and oxygen atoms in total. The maximum absolute atomic E-state index is 11.1. The first-order valence-electron chi connectivity index (χ1n) is 3.83. The Bertz CT molecular complexity index is 185. The molecule has 0 rings (SSSR count). The Kier molecular flexibility index (Phi) is 4.68. The molecule has 0 aliphatic heterocycles. The summed E-state index contributed by atoms with van der Waals surface area (Å²) in [5.41, 5.74) is 0. The van der Waals surface area contributed by atoms with Gasteiger partial charge in [0.25, 0.3) is 0 Å². The Hall–Kier alpha value is -0.0900. The zero-order valence-electron chi connectivity index (χ0n) is 7.50. The maximum atomic E-state index is 11.1. The molecular weight excluding hydrogens is 162 g/mol. The van der Waals surface area contributed by atoms with E-state index in [9.17, 15) is 8.42 Å². The lowest BCUT2D eigenvalue weighted by Crippen LogP contribution is -2.23. The van der Waals surface area contributed by atoms with Gasteiger partial charge in [0, 0.05) is 12.3 Å². The van der Waals surface area contributed by atoms with Gasteiger partial charge in [-0.3, -0.25) is 0 Å². The fraction of sp³-hybridized carbons (Fsp3) is 1.00. The molecule has 0 aliphatic rings. The summed E-state index contributed by atoms with van der Waals surface area (Å²) >= 11 is 0. The predicted octanol–water partition coefficient (Wildman–Crippen LogP) is 0.373. The Morgan fingerprint density at radius 2 is 1.73 bits per heavy atom. The Labute approximate surface area is 69.3 Å². The van der Waals surface area contributed by atoms with Crippen LogP contribution < -0.4 is 0 Å². The Morgan fingerprint density at radius 3 is 2.09 bits per heavy atom. The smallest absolute Gasteiger partial charge is 0.151 e. The van der Waals surface area contributed by atoms with Gasteiger partial charge in [0.2, 0.25) is 0 Å².